The van der Waals surface area contributed by atoms with Crippen LogP contribution >= 0.6 is 12.2 Å². The summed E-state index contributed by atoms with van der Waals surface area (Å²) in [5, 5.41) is 14.6. The Balaban J connectivity index is 1.80. The van der Waals surface area contributed by atoms with E-state index in [-0.39, 0.29) is 16.6 Å². The van der Waals surface area contributed by atoms with Crippen molar-refractivity contribution in [1.82, 2.24) is 10.6 Å². The summed E-state index contributed by atoms with van der Waals surface area (Å²) in [4.78, 5) is 23.0. The second-order valence-corrected chi connectivity index (χ2v) is 6.27. The van der Waals surface area contributed by atoms with Gasteiger partial charge in [0.2, 0.25) is 0 Å². The lowest BCUT2D eigenvalue weighted by atomic mass is 10.1. The minimum Gasteiger partial charge on any atom is -0.494 e. The maximum atomic E-state index is 12.2. The van der Waals surface area contributed by atoms with Crippen LogP contribution in [-0.2, 0) is 6.54 Å². The molecule has 1 amide bonds. The summed E-state index contributed by atoms with van der Waals surface area (Å²) in [5.41, 5.74) is 1.55. The summed E-state index contributed by atoms with van der Waals surface area (Å²) in [6, 6.07) is 13.3. The van der Waals surface area contributed by atoms with E-state index in [0.717, 1.165) is 24.2 Å². The predicted octanol–water partition coefficient (Wildman–Crippen LogP) is 3.37. The van der Waals surface area contributed by atoms with E-state index < -0.39 is 5.97 Å². The van der Waals surface area contributed by atoms with Crippen molar-refractivity contribution in [3.8, 4) is 5.75 Å². The van der Waals surface area contributed by atoms with E-state index in [1.54, 1.807) is 36.4 Å². The number of benzene rings is 2. The summed E-state index contributed by atoms with van der Waals surface area (Å²) in [7, 11) is 0. The Morgan fingerprint density at radius 1 is 1.04 bits per heavy atom. The summed E-state index contributed by atoms with van der Waals surface area (Å²) < 4.78 is 5.57. The first-order valence-corrected chi connectivity index (χ1v) is 9.04. The third kappa shape index (κ3) is 6.71. The number of thiocarbonyl (C=S) groups is 1. The summed E-state index contributed by atoms with van der Waals surface area (Å²) in [6.07, 6.45) is 2.05. The molecule has 7 heteroatoms. The van der Waals surface area contributed by atoms with Gasteiger partial charge in [-0.1, -0.05) is 25.5 Å². The molecule has 2 rings (SSSR count). The van der Waals surface area contributed by atoms with Gasteiger partial charge in [-0.25, -0.2) is 4.79 Å². The summed E-state index contributed by atoms with van der Waals surface area (Å²) in [6.45, 7) is 3.13. The zero-order valence-electron chi connectivity index (χ0n) is 15.0. The minimum atomic E-state index is -0.973. The van der Waals surface area contributed by atoms with Crippen LogP contribution in [-0.4, -0.2) is 28.7 Å². The van der Waals surface area contributed by atoms with Gasteiger partial charge >= 0.3 is 5.97 Å². The average molecular weight is 386 g/mol. The van der Waals surface area contributed by atoms with Crippen molar-refractivity contribution in [2.75, 3.05) is 6.61 Å². The normalized spacial score (nSPS) is 10.1. The molecule has 0 spiro atoms. The lowest BCUT2D eigenvalue weighted by Gasteiger charge is -2.10. The monoisotopic (exact) mass is 386 g/mol. The lowest BCUT2D eigenvalue weighted by Crippen LogP contribution is -2.38. The van der Waals surface area contributed by atoms with E-state index in [9.17, 15) is 9.59 Å². The van der Waals surface area contributed by atoms with Crippen molar-refractivity contribution in [1.29, 1.82) is 0 Å². The zero-order valence-corrected chi connectivity index (χ0v) is 15.8. The number of ether oxygens (including phenoxy) is 1. The standard InChI is InChI=1S/C20H22N2O4S/c1-2-3-12-26-17-10-8-15(9-11-17)18(23)22-20(27)21-13-14-4-6-16(7-5-14)19(24)25/h4-11H,2-3,12-13H2,1H3,(H,24,25)(H2,21,22,23,27). The fourth-order valence-corrected chi connectivity index (χ4v) is 2.37. The molecule has 6 nitrogen and oxygen atoms in total. The van der Waals surface area contributed by atoms with Gasteiger partial charge in [-0.2, -0.15) is 0 Å². The second-order valence-electron chi connectivity index (χ2n) is 5.87. The molecule has 0 aliphatic heterocycles. The molecule has 0 fully saturated rings. The van der Waals surface area contributed by atoms with Crippen molar-refractivity contribution < 1.29 is 19.4 Å². The van der Waals surface area contributed by atoms with E-state index in [0.29, 0.717) is 18.7 Å². The molecule has 0 aliphatic rings. The van der Waals surface area contributed by atoms with E-state index in [4.69, 9.17) is 22.1 Å². The number of carboxylic acid groups (broad SMARTS) is 1. The van der Waals surface area contributed by atoms with Gasteiger partial charge in [-0.3, -0.25) is 10.1 Å². The molecule has 0 heterocycles. The number of unbranched alkanes of at least 4 members (excludes halogenated alkanes) is 1. The molecular formula is C20H22N2O4S. The molecule has 0 aliphatic carbocycles. The summed E-state index contributed by atoms with van der Waals surface area (Å²) in [5.74, 6) is -0.557. The van der Waals surface area contributed by atoms with Crippen LogP contribution in [0.1, 0.15) is 46.0 Å². The molecule has 2 aromatic carbocycles. The molecule has 0 bridgehead atoms. The molecule has 142 valence electrons. The Morgan fingerprint density at radius 2 is 1.67 bits per heavy atom. The fraction of sp³-hybridized carbons (Fsp3) is 0.250. The number of carboxylic acids is 1. The first-order valence-electron chi connectivity index (χ1n) is 8.64. The molecule has 0 saturated carbocycles. The van der Waals surface area contributed by atoms with Crippen LogP contribution in [0.25, 0.3) is 0 Å². The number of hydrogen-bond donors (Lipinski definition) is 3. The molecule has 0 saturated heterocycles. The van der Waals surface area contributed by atoms with Crippen LogP contribution in [0, 0.1) is 0 Å². The molecular weight excluding hydrogens is 364 g/mol. The van der Waals surface area contributed by atoms with Gasteiger partial charge in [0.05, 0.1) is 12.2 Å². The van der Waals surface area contributed by atoms with Crippen LogP contribution in [0.3, 0.4) is 0 Å². The SMILES string of the molecule is CCCCOc1ccc(C(=O)NC(=S)NCc2ccc(C(=O)O)cc2)cc1. The van der Waals surface area contributed by atoms with Crippen LogP contribution in [0.15, 0.2) is 48.5 Å². The Kier molecular flexibility index (Phi) is 7.76. The number of carbonyl (C=O) groups is 2. The fourth-order valence-electron chi connectivity index (χ4n) is 2.20. The van der Waals surface area contributed by atoms with Gasteiger partial charge < -0.3 is 15.2 Å². The van der Waals surface area contributed by atoms with Crippen LogP contribution in [0.5, 0.6) is 5.75 Å². The molecule has 0 aromatic heterocycles. The largest absolute Gasteiger partial charge is 0.494 e. The first-order chi connectivity index (χ1) is 13.0. The molecule has 0 atom stereocenters. The number of amides is 1. The van der Waals surface area contributed by atoms with Gasteiger partial charge in [-0.05, 0) is 60.6 Å². The third-order valence-electron chi connectivity index (χ3n) is 3.76. The second kappa shape index (κ2) is 10.3. The predicted molar refractivity (Wildman–Crippen MR) is 107 cm³/mol. The van der Waals surface area contributed by atoms with Gasteiger partial charge in [0.25, 0.3) is 5.91 Å². The highest BCUT2D eigenvalue weighted by atomic mass is 32.1. The Morgan fingerprint density at radius 3 is 2.26 bits per heavy atom. The Bertz CT molecular complexity index is 789. The smallest absolute Gasteiger partial charge is 0.335 e. The number of nitrogens with one attached hydrogen (secondary N) is 2. The van der Waals surface area contributed by atoms with Crippen molar-refractivity contribution in [3.63, 3.8) is 0 Å². The van der Waals surface area contributed by atoms with Crippen molar-refractivity contribution in [3.05, 3.63) is 65.2 Å². The molecule has 0 unspecified atom stereocenters. The van der Waals surface area contributed by atoms with E-state index in [2.05, 4.69) is 17.6 Å². The highest BCUT2D eigenvalue weighted by molar-refractivity contribution is 7.80. The van der Waals surface area contributed by atoms with E-state index >= 15 is 0 Å². The molecule has 2 aromatic rings. The minimum absolute atomic E-state index is 0.200. The van der Waals surface area contributed by atoms with Crippen molar-refractivity contribution in [2.45, 2.75) is 26.3 Å². The Hall–Kier alpha value is -2.93. The third-order valence-corrected chi connectivity index (χ3v) is 4.01. The lowest BCUT2D eigenvalue weighted by molar-refractivity contribution is 0.0696. The molecule has 3 N–H and O–H groups in total. The zero-order chi connectivity index (χ0) is 19.6. The maximum absolute atomic E-state index is 12.2. The van der Waals surface area contributed by atoms with Crippen molar-refractivity contribution >= 4 is 29.2 Å². The highest BCUT2D eigenvalue weighted by Crippen LogP contribution is 2.12. The van der Waals surface area contributed by atoms with Crippen LogP contribution in [0.4, 0.5) is 0 Å². The van der Waals surface area contributed by atoms with Crippen molar-refractivity contribution in [2.24, 2.45) is 0 Å². The highest BCUT2D eigenvalue weighted by Gasteiger charge is 2.08. The van der Waals surface area contributed by atoms with Crippen LogP contribution in [0.2, 0.25) is 0 Å². The molecule has 0 radical (unpaired) electrons. The van der Waals surface area contributed by atoms with Gasteiger partial charge in [0, 0.05) is 12.1 Å². The van der Waals surface area contributed by atoms with Gasteiger partial charge in [-0.15, -0.1) is 0 Å². The van der Waals surface area contributed by atoms with E-state index in [1.165, 1.54) is 12.1 Å². The van der Waals surface area contributed by atoms with Gasteiger partial charge in [0.15, 0.2) is 5.11 Å². The number of hydrogen-bond acceptors (Lipinski definition) is 4. The number of aromatic carboxylic acids is 1. The quantitative estimate of drug-likeness (QED) is 0.476. The summed E-state index contributed by atoms with van der Waals surface area (Å²) >= 11 is 5.13. The van der Waals surface area contributed by atoms with E-state index in [1.807, 2.05) is 0 Å². The number of rotatable bonds is 8. The number of carbonyl (C=O) groups excluding carboxylic acids is 1. The average Bonchev–Trinajstić information content (AvgIpc) is 2.67. The molecule has 27 heavy (non-hydrogen) atoms. The van der Waals surface area contributed by atoms with Gasteiger partial charge in [0.1, 0.15) is 5.75 Å². The first kappa shape index (κ1) is 20.4. The van der Waals surface area contributed by atoms with Crippen LogP contribution < -0.4 is 15.4 Å². The Labute approximate surface area is 163 Å². The topological polar surface area (TPSA) is 87.7 Å². The maximum Gasteiger partial charge on any atom is 0.335 e.